The molecule has 1 aliphatic heterocycles. The van der Waals surface area contributed by atoms with E-state index in [0.29, 0.717) is 5.92 Å². The molecule has 1 saturated heterocycles. The summed E-state index contributed by atoms with van der Waals surface area (Å²) >= 11 is 0. The van der Waals surface area contributed by atoms with E-state index in [1.807, 2.05) is 0 Å². The second-order valence-electron chi connectivity index (χ2n) is 5.06. The maximum absolute atomic E-state index is 5.23. The normalized spacial score (nSPS) is 23.6. The summed E-state index contributed by atoms with van der Waals surface area (Å²) in [5, 5.41) is 3.51. The molecule has 1 fully saturated rings. The smallest absolute Gasteiger partial charge is 0.0500 e. The molecule has 16 heavy (non-hydrogen) atoms. The van der Waals surface area contributed by atoms with Gasteiger partial charge in [-0.3, -0.25) is 4.90 Å². The van der Waals surface area contributed by atoms with Crippen LogP contribution in [0.5, 0.6) is 0 Å². The first kappa shape index (κ1) is 13.9. The van der Waals surface area contributed by atoms with Crippen LogP contribution >= 0.6 is 0 Å². The Morgan fingerprint density at radius 1 is 1.50 bits per heavy atom. The summed E-state index contributed by atoms with van der Waals surface area (Å²) in [6, 6.07) is 0.744. The van der Waals surface area contributed by atoms with Crippen LogP contribution in [-0.2, 0) is 4.74 Å². The number of methoxy groups -OCH3 is 1. The van der Waals surface area contributed by atoms with E-state index < -0.39 is 0 Å². The molecule has 1 N–H and O–H groups in total. The van der Waals surface area contributed by atoms with Gasteiger partial charge in [-0.05, 0) is 38.3 Å². The van der Waals surface area contributed by atoms with E-state index in [4.69, 9.17) is 4.74 Å². The Morgan fingerprint density at radius 3 is 2.88 bits per heavy atom. The molecule has 96 valence electrons. The molecule has 1 heterocycles. The predicted molar refractivity (Wildman–Crippen MR) is 68.8 cm³/mol. The van der Waals surface area contributed by atoms with Gasteiger partial charge in [0.2, 0.25) is 0 Å². The molecule has 1 rings (SSSR count). The van der Waals surface area contributed by atoms with Gasteiger partial charge in [-0.2, -0.15) is 0 Å². The summed E-state index contributed by atoms with van der Waals surface area (Å²) in [5.74, 6) is 0.637. The number of hydrogen-bond acceptors (Lipinski definition) is 3. The van der Waals surface area contributed by atoms with Crippen molar-refractivity contribution in [2.45, 2.75) is 39.2 Å². The van der Waals surface area contributed by atoms with Gasteiger partial charge in [0.15, 0.2) is 0 Å². The lowest BCUT2D eigenvalue weighted by molar-refractivity contribution is 0.0993. The van der Waals surface area contributed by atoms with Crippen molar-refractivity contribution in [3.63, 3.8) is 0 Å². The standard InChI is InChI=1S/C13H28N2O/c1-4-8-15(10-12(2)11-16-3)13-6-5-7-14-9-13/h12-14H,4-11H2,1-3H3. The SMILES string of the molecule is CCCN(CC(C)COC)C1CCCNC1. The van der Waals surface area contributed by atoms with Gasteiger partial charge in [-0.15, -0.1) is 0 Å². The molecule has 0 bridgehead atoms. The fraction of sp³-hybridized carbons (Fsp3) is 1.00. The minimum atomic E-state index is 0.637. The zero-order valence-electron chi connectivity index (χ0n) is 11.2. The van der Waals surface area contributed by atoms with Crippen molar-refractivity contribution in [1.82, 2.24) is 10.2 Å². The maximum atomic E-state index is 5.23. The van der Waals surface area contributed by atoms with Crippen molar-refractivity contribution in [3.05, 3.63) is 0 Å². The number of piperidine rings is 1. The van der Waals surface area contributed by atoms with E-state index >= 15 is 0 Å². The van der Waals surface area contributed by atoms with Gasteiger partial charge in [0, 0.05) is 32.8 Å². The maximum Gasteiger partial charge on any atom is 0.0500 e. The Hall–Kier alpha value is -0.120. The van der Waals surface area contributed by atoms with E-state index in [0.717, 1.165) is 12.6 Å². The summed E-state index contributed by atoms with van der Waals surface area (Å²) < 4.78 is 5.23. The van der Waals surface area contributed by atoms with Crippen molar-refractivity contribution in [2.24, 2.45) is 5.92 Å². The number of hydrogen-bond donors (Lipinski definition) is 1. The van der Waals surface area contributed by atoms with Crippen LogP contribution < -0.4 is 5.32 Å². The van der Waals surface area contributed by atoms with Crippen LogP contribution in [0.4, 0.5) is 0 Å². The zero-order valence-corrected chi connectivity index (χ0v) is 11.2. The second kappa shape index (κ2) is 8.04. The fourth-order valence-corrected chi connectivity index (χ4v) is 2.59. The molecule has 0 aromatic carbocycles. The van der Waals surface area contributed by atoms with Gasteiger partial charge in [0.05, 0.1) is 0 Å². The molecule has 1 aliphatic rings. The van der Waals surface area contributed by atoms with E-state index in [1.165, 1.54) is 45.4 Å². The Balaban J connectivity index is 2.38. The molecule has 0 spiro atoms. The van der Waals surface area contributed by atoms with E-state index in [1.54, 1.807) is 7.11 Å². The second-order valence-corrected chi connectivity index (χ2v) is 5.06. The third kappa shape index (κ3) is 4.81. The van der Waals surface area contributed by atoms with Crippen LogP contribution in [0.15, 0.2) is 0 Å². The van der Waals surface area contributed by atoms with E-state index in [2.05, 4.69) is 24.1 Å². The highest BCUT2D eigenvalue weighted by molar-refractivity contribution is 4.79. The van der Waals surface area contributed by atoms with Crippen LogP contribution in [-0.4, -0.2) is 50.8 Å². The molecule has 0 saturated carbocycles. The average Bonchev–Trinajstić information content (AvgIpc) is 2.30. The van der Waals surface area contributed by atoms with Crippen LogP contribution in [0.2, 0.25) is 0 Å². The highest BCUT2D eigenvalue weighted by atomic mass is 16.5. The predicted octanol–water partition coefficient (Wildman–Crippen LogP) is 1.73. The first-order valence-electron chi connectivity index (χ1n) is 6.71. The van der Waals surface area contributed by atoms with Crippen LogP contribution in [0.25, 0.3) is 0 Å². The molecule has 0 amide bonds. The number of rotatable bonds is 7. The fourth-order valence-electron chi connectivity index (χ4n) is 2.59. The summed E-state index contributed by atoms with van der Waals surface area (Å²) in [6.45, 7) is 10.2. The Morgan fingerprint density at radius 2 is 2.31 bits per heavy atom. The van der Waals surface area contributed by atoms with Crippen LogP contribution in [0.1, 0.15) is 33.1 Å². The zero-order chi connectivity index (χ0) is 11.8. The van der Waals surface area contributed by atoms with Crippen molar-refractivity contribution >= 4 is 0 Å². The Kier molecular flexibility index (Phi) is 7.01. The lowest BCUT2D eigenvalue weighted by Crippen LogP contribution is -2.48. The first-order valence-corrected chi connectivity index (χ1v) is 6.71. The third-order valence-corrected chi connectivity index (χ3v) is 3.30. The van der Waals surface area contributed by atoms with Gasteiger partial charge in [0.25, 0.3) is 0 Å². The molecule has 2 unspecified atom stereocenters. The summed E-state index contributed by atoms with van der Waals surface area (Å²) in [4.78, 5) is 2.65. The average molecular weight is 228 g/mol. The minimum absolute atomic E-state index is 0.637. The van der Waals surface area contributed by atoms with Crippen LogP contribution in [0, 0.1) is 5.92 Å². The Bertz CT molecular complexity index is 169. The molecule has 0 aliphatic carbocycles. The lowest BCUT2D eigenvalue weighted by Gasteiger charge is -2.36. The van der Waals surface area contributed by atoms with Gasteiger partial charge >= 0.3 is 0 Å². The molecule has 3 heteroatoms. The van der Waals surface area contributed by atoms with Crippen molar-refractivity contribution < 1.29 is 4.74 Å². The number of ether oxygens (including phenoxy) is 1. The highest BCUT2D eigenvalue weighted by Crippen LogP contribution is 2.13. The molecular weight excluding hydrogens is 200 g/mol. The van der Waals surface area contributed by atoms with Crippen molar-refractivity contribution in [3.8, 4) is 0 Å². The van der Waals surface area contributed by atoms with Gasteiger partial charge in [-0.1, -0.05) is 13.8 Å². The molecular formula is C13H28N2O. The van der Waals surface area contributed by atoms with Gasteiger partial charge in [-0.25, -0.2) is 0 Å². The first-order chi connectivity index (χ1) is 7.77. The van der Waals surface area contributed by atoms with E-state index in [-0.39, 0.29) is 0 Å². The molecule has 0 radical (unpaired) electrons. The number of nitrogens with one attached hydrogen (secondary N) is 1. The lowest BCUT2D eigenvalue weighted by atomic mass is 10.0. The minimum Gasteiger partial charge on any atom is -0.384 e. The topological polar surface area (TPSA) is 24.5 Å². The van der Waals surface area contributed by atoms with E-state index in [9.17, 15) is 0 Å². The third-order valence-electron chi connectivity index (χ3n) is 3.30. The summed E-state index contributed by atoms with van der Waals surface area (Å²) in [7, 11) is 1.79. The Labute approximate surface area is 101 Å². The van der Waals surface area contributed by atoms with Gasteiger partial charge < -0.3 is 10.1 Å². The summed E-state index contributed by atoms with van der Waals surface area (Å²) in [5.41, 5.74) is 0. The van der Waals surface area contributed by atoms with Crippen molar-refractivity contribution in [1.29, 1.82) is 0 Å². The van der Waals surface area contributed by atoms with Crippen LogP contribution in [0.3, 0.4) is 0 Å². The van der Waals surface area contributed by atoms with Crippen molar-refractivity contribution in [2.75, 3.05) is 39.9 Å². The quantitative estimate of drug-likeness (QED) is 0.718. The highest BCUT2D eigenvalue weighted by Gasteiger charge is 2.21. The largest absolute Gasteiger partial charge is 0.384 e. The molecule has 2 atom stereocenters. The molecule has 3 nitrogen and oxygen atoms in total. The monoisotopic (exact) mass is 228 g/mol. The van der Waals surface area contributed by atoms with Gasteiger partial charge in [0.1, 0.15) is 0 Å². The number of nitrogens with zero attached hydrogens (tertiary/aromatic N) is 1. The summed E-state index contributed by atoms with van der Waals surface area (Å²) in [6.07, 6.45) is 3.92. The molecule has 0 aromatic rings. The molecule has 0 aromatic heterocycles.